The van der Waals surface area contributed by atoms with Crippen molar-refractivity contribution in [1.29, 1.82) is 0 Å². The van der Waals surface area contributed by atoms with E-state index in [1.807, 2.05) is 12.1 Å². The summed E-state index contributed by atoms with van der Waals surface area (Å²) < 4.78 is 5.26. The van der Waals surface area contributed by atoms with E-state index in [9.17, 15) is 4.79 Å². The number of hydrogen-bond acceptors (Lipinski definition) is 4. The maximum Gasteiger partial charge on any atom is 0.276 e. The van der Waals surface area contributed by atoms with Crippen molar-refractivity contribution in [2.75, 3.05) is 19.6 Å². The lowest BCUT2D eigenvalue weighted by Gasteiger charge is -2.13. The van der Waals surface area contributed by atoms with Crippen molar-refractivity contribution in [3.05, 3.63) is 41.0 Å². The minimum absolute atomic E-state index is 0.108. The second-order valence-corrected chi connectivity index (χ2v) is 5.66. The molecule has 2 heterocycles. The Morgan fingerprint density at radius 3 is 3.05 bits per heavy atom. The summed E-state index contributed by atoms with van der Waals surface area (Å²) in [7, 11) is 0. The van der Waals surface area contributed by atoms with Crippen LogP contribution in [0.1, 0.15) is 16.9 Å². The second kappa shape index (κ2) is 5.87. The molecule has 3 rings (SSSR count). The van der Waals surface area contributed by atoms with Crippen molar-refractivity contribution in [1.82, 2.24) is 10.1 Å². The molecular formula is C15H16ClN3O2. The molecule has 6 heteroatoms. The van der Waals surface area contributed by atoms with Crippen LogP contribution in [0.25, 0.3) is 11.3 Å². The molecule has 0 spiro atoms. The SMILES string of the molecule is NCC1CCN(C(=O)c2cc(-c3cccc(Cl)c3)on2)C1. The number of halogens is 1. The summed E-state index contributed by atoms with van der Waals surface area (Å²) in [6, 6.07) is 8.90. The molecule has 0 radical (unpaired) electrons. The maximum atomic E-state index is 12.4. The number of carbonyl (C=O) groups is 1. The largest absolute Gasteiger partial charge is 0.355 e. The molecule has 0 bridgehead atoms. The molecular weight excluding hydrogens is 290 g/mol. The van der Waals surface area contributed by atoms with Gasteiger partial charge in [-0.3, -0.25) is 4.79 Å². The third-order valence-electron chi connectivity index (χ3n) is 3.74. The normalized spacial score (nSPS) is 18.2. The zero-order chi connectivity index (χ0) is 14.8. The smallest absolute Gasteiger partial charge is 0.276 e. The van der Waals surface area contributed by atoms with E-state index in [0.29, 0.717) is 35.5 Å². The van der Waals surface area contributed by atoms with Gasteiger partial charge in [0.05, 0.1) is 0 Å². The molecule has 1 saturated heterocycles. The number of rotatable bonds is 3. The van der Waals surface area contributed by atoms with Gasteiger partial charge in [0.2, 0.25) is 0 Å². The van der Waals surface area contributed by atoms with Crippen LogP contribution in [-0.4, -0.2) is 35.6 Å². The molecule has 2 N–H and O–H groups in total. The fourth-order valence-corrected chi connectivity index (χ4v) is 2.72. The molecule has 21 heavy (non-hydrogen) atoms. The Kier molecular flexibility index (Phi) is 3.94. The molecule has 1 unspecified atom stereocenters. The number of benzene rings is 1. The summed E-state index contributed by atoms with van der Waals surface area (Å²) in [5.74, 6) is 0.812. The molecule has 1 atom stereocenters. The van der Waals surface area contributed by atoms with Crippen LogP contribution in [0.15, 0.2) is 34.9 Å². The minimum Gasteiger partial charge on any atom is -0.355 e. The molecule has 110 valence electrons. The van der Waals surface area contributed by atoms with Gasteiger partial charge in [-0.05, 0) is 31.0 Å². The van der Waals surface area contributed by atoms with Crippen molar-refractivity contribution < 1.29 is 9.32 Å². The number of hydrogen-bond donors (Lipinski definition) is 1. The number of likely N-dealkylation sites (tertiary alicyclic amines) is 1. The average molecular weight is 306 g/mol. The third kappa shape index (κ3) is 2.94. The molecule has 1 amide bonds. The van der Waals surface area contributed by atoms with Gasteiger partial charge in [0.1, 0.15) is 0 Å². The summed E-state index contributed by atoms with van der Waals surface area (Å²) in [6.45, 7) is 2.02. The number of amides is 1. The Morgan fingerprint density at radius 2 is 2.33 bits per heavy atom. The van der Waals surface area contributed by atoms with Gasteiger partial charge in [0.15, 0.2) is 11.5 Å². The van der Waals surface area contributed by atoms with Gasteiger partial charge in [-0.1, -0.05) is 28.9 Å². The van der Waals surface area contributed by atoms with Gasteiger partial charge in [-0.15, -0.1) is 0 Å². The van der Waals surface area contributed by atoms with E-state index in [2.05, 4.69) is 5.16 Å². The maximum absolute atomic E-state index is 12.4. The van der Waals surface area contributed by atoms with Crippen LogP contribution < -0.4 is 5.73 Å². The lowest BCUT2D eigenvalue weighted by Crippen LogP contribution is -2.30. The summed E-state index contributed by atoms with van der Waals surface area (Å²) in [5.41, 5.74) is 6.77. The van der Waals surface area contributed by atoms with Gasteiger partial charge >= 0.3 is 0 Å². The number of carbonyl (C=O) groups excluding carboxylic acids is 1. The lowest BCUT2D eigenvalue weighted by atomic mass is 10.1. The topological polar surface area (TPSA) is 72.4 Å². The first-order valence-electron chi connectivity index (χ1n) is 6.89. The average Bonchev–Trinajstić information content (AvgIpc) is 3.16. The van der Waals surface area contributed by atoms with E-state index in [0.717, 1.165) is 18.5 Å². The van der Waals surface area contributed by atoms with Crippen molar-refractivity contribution in [2.45, 2.75) is 6.42 Å². The summed E-state index contributed by atoms with van der Waals surface area (Å²) in [4.78, 5) is 14.1. The fourth-order valence-electron chi connectivity index (χ4n) is 2.53. The lowest BCUT2D eigenvalue weighted by molar-refractivity contribution is 0.0777. The van der Waals surface area contributed by atoms with Gasteiger partial charge in [0.25, 0.3) is 5.91 Å². The zero-order valence-electron chi connectivity index (χ0n) is 11.5. The summed E-state index contributed by atoms with van der Waals surface area (Å²) >= 11 is 5.95. The number of nitrogens with two attached hydrogens (primary N) is 1. The molecule has 1 aliphatic rings. The predicted octanol–water partition coefficient (Wildman–Crippen LogP) is 2.42. The summed E-state index contributed by atoms with van der Waals surface area (Å²) in [6.07, 6.45) is 0.946. The van der Waals surface area contributed by atoms with Crippen LogP contribution >= 0.6 is 11.6 Å². The first-order chi connectivity index (χ1) is 10.2. The molecule has 0 saturated carbocycles. The second-order valence-electron chi connectivity index (χ2n) is 5.23. The third-order valence-corrected chi connectivity index (χ3v) is 3.98. The van der Waals surface area contributed by atoms with E-state index in [1.165, 1.54) is 0 Å². The van der Waals surface area contributed by atoms with E-state index in [-0.39, 0.29) is 5.91 Å². The first-order valence-corrected chi connectivity index (χ1v) is 7.27. The van der Waals surface area contributed by atoms with E-state index in [1.54, 1.807) is 23.1 Å². The molecule has 1 fully saturated rings. The highest BCUT2D eigenvalue weighted by Gasteiger charge is 2.28. The number of nitrogens with zero attached hydrogens (tertiary/aromatic N) is 2. The predicted molar refractivity (Wildman–Crippen MR) is 80.0 cm³/mol. The molecule has 0 aliphatic carbocycles. The quantitative estimate of drug-likeness (QED) is 0.945. The van der Waals surface area contributed by atoms with Crippen LogP contribution in [0.4, 0.5) is 0 Å². The van der Waals surface area contributed by atoms with Crippen LogP contribution in [0.3, 0.4) is 0 Å². The van der Waals surface area contributed by atoms with Crippen molar-refractivity contribution in [3.8, 4) is 11.3 Å². The fraction of sp³-hybridized carbons (Fsp3) is 0.333. The number of aromatic nitrogens is 1. The molecule has 1 aromatic heterocycles. The Balaban J connectivity index is 1.77. The zero-order valence-corrected chi connectivity index (χ0v) is 12.2. The van der Waals surface area contributed by atoms with Crippen LogP contribution in [0.2, 0.25) is 5.02 Å². The highest BCUT2D eigenvalue weighted by atomic mass is 35.5. The molecule has 1 aliphatic heterocycles. The highest BCUT2D eigenvalue weighted by Crippen LogP contribution is 2.25. The summed E-state index contributed by atoms with van der Waals surface area (Å²) in [5, 5.41) is 4.49. The van der Waals surface area contributed by atoms with Crippen molar-refractivity contribution in [3.63, 3.8) is 0 Å². The standard InChI is InChI=1S/C15H16ClN3O2/c16-12-3-1-2-11(6-12)14-7-13(18-21-14)15(20)19-5-4-10(8-17)9-19/h1-3,6-7,10H,4-5,8-9,17H2. The van der Waals surface area contributed by atoms with Crippen LogP contribution in [0, 0.1) is 5.92 Å². The Morgan fingerprint density at radius 1 is 1.48 bits per heavy atom. The van der Waals surface area contributed by atoms with Crippen molar-refractivity contribution >= 4 is 17.5 Å². The van der Waals surface area contributed by atoms with E-state index in [4.69, 9.17) is 21.9 Å². The van der Waals surface area contributed by atoms with Gasteiger partial charge in [-0.2, -0.15) is 0 Å². The van der Waals surface area contributed by atoms with Gasteiger partial charge in [-0.25, -0.2) is 0 Å². The highest BCUT2D eigenvalue weighted by molar-refractivity contribution is 6.30. The van der Waals surface area contributed by atoms with E-state index < -0.39 is 0 Å². The molecule has 5 nitrogen and oxygen atoms in total. The Hall–Kier alpha value is -1.85. The minimum atomic E-state index is -0.108. The van der Waals surface area contributed by atoms with Gasteiger partial charge < -0.3 is 15.2 Å². The first kappa shape index (κ1) is 14.1. The molecule has 1 aromatic carbocycles. The van der Waals surface area contributed by atoms with Crippen LogP contribution in [0.5, 0.6) is 0 Å². The van der Waals surface area contributed by atoms with Crippen LogP contribution in [-0.2, 0) is 0 Å². The van der Waals surface area contributed by atoms with Gasteiger partial charge in [0, 0.05) is 29.7 Å². The van der Waals surface area contributed by atoms with Crippen molar-refractivity contribution in [2.24, 2.45) is 11.7 Å². The molecule has 2 aromatic rings. The van der Waals surface area contributed by atoms with E-state index >= 15 is 0 Å². The monoisotopic (exact) mass is 305 g/mol. The Labute approximate surface area is 127 Å². The Bertz CT molecular complexity index is 656.